The van der Waals surface area contributed by atoms with Gasteiger partial charge in [-0.15, -0.1) is 0 Å². The summed E-state index contributed by atoms with van der Waals surface area (Å²) in [4.78, 5) is 14.1. The predicted molar refractivity (Wildman–Crippen MR) is 81.3 cm³/mol. The van der Waals surface area contributed by atoms with Crippen LogP contribution in [0.5, 0.6) is 5.75 Å². The summed E-state index contributed by atoms with van der Waals surface area (Å²) in [5.41, 5.74) is -0.536. The third-order valence-electron chi connectivity index (χ3n) is 4.13. The van der Waals surface area contributed by atoms with Gasteiger partial charge in [-0.3, -0.25) is 9.69 Å². The van der Waals surface area contributed by atoms with Crippen molar-refractivity contribution >= 4 is 5.91 Å². The molecule has 1 unspecified atom stereocenters. The standard InChI is InChI=1S/C16H22F2N2O3/c17-11-8-13(18)15(14(22)9-11)16(23)19-5-1-2-6-20-7-3-4-12(20)10-21/h8-9,12,21-22H,1-7,10H2,(H,19,23). The average Bonchev–Trinajstić information content (AvgIpc) is 2.93. The van der Waals surface area contributed by atoms with Crippen LogP contribution in [0.25, 0.3) is 0 Å². The quantitative estimate of drug-likeness (QED) is 0.665. The number of rotatable bonds is 7. The summed E-state index contributed by atoms with van der Waals surface area (Å²) in [5.74, 6) is -3.47. The summed E-state index contributed by atoms with van der Waals surface area (Å²) < 4.78 is 26.4. The van der Waals surface area contributed by atoms with E-state index in [1.807, 2.05) is 0 Å². The lowest BCUT2D eigenvalue weighted by Crippen LogP contribution is -2.33. The lowest BCUT2D eigenvalue weighted by molar-refractivity contribution is 0.0945. The minimum absolute atomic E-state index is 0.167. The first kappa shape index (κ1) is 17.6. The van der Waals surface area contributed by atoms with Crippen LogP contribution in [0.15, 0.2) is 12.1 Å². The first-order valence-electron chi connectivity index (χ1n) is 7.84. The molecular formula is C16H22F2N2O3. The lowest BCUT2D eigenvalue weighted by atomic mass is 10.1. The van der Waals surface area contributed by atoms with Crippen LogP contribution in [0, 0.1) is 11.6 Å². The lowest BCUT2D eigenvalue weighted by Gasteiger charge is -2.22. The van der Waals surface area contributed by atoms with E-state index in [1.54, 1.807) is 0 Å². The van der Waals surface area contributed by atoms with Gasteiger partial charge in [0.15, 0.2) is 0 Å². The van der Waals surface area contributed by atoms with Gasteiger partial charge in [0.05, 0.1) is 6.61 Å². The van der Waals surface area contributed by atoms with E-state index < -0.39 is 28.9 Å². The number of unbranched alkanes of at least 4 members (excludes halogenated alkanes) is 1. The number of hydrogen-bond donors (Lipinski definition) is 3. The number of hydrogen-bond acceptors (Lipinski definition) is 4. The Morgan fingerprint density at radius 1 is 1.35 bits per heavy atom. The van der Waals surface area contributed by atoms with Crippen LogP contribution in [-0.2, 0) is 0 Å². The molecule has 2 rings (SSSR count). The third-order valence-corrected chi connectivity index (χ3v) is 4.13. The van der Waals surface area contributed by atoms with Gasteiger partial charge in [-0.1, -0.05) is 0 Å². The van der Waals surface area contributed by atoms with E-state index in [1.165, 1.54) is 0 Å². The minimum atomic E-state index is -1.08. The Balaban J connectivity index is 1.73. The van der Waals surface area contributed by atoms with E-state index in [9.17, 15) is 23.8 Å². The molecule has 1 saturated heterocycles. The van der Waals surface area contributed by atoms with Gasteiger partial charge in [-0.25, -0.2) is 8.78 Å². The van der Waals surface area contributed by atoms with Crippen LogP contribution in [0.1, 0.15) is 36.0 Å². The average molecular weight is 328 g/mol. The monoisotopic (exact) mass is 328 g/mol. The normalized spacial score (nSPS) is 18.3. The van der Waals surface area contributed by atoms with Crippen molar-refractivity contribution in [3.8, 4) is 5.75 Å². The van der Waals surface area contributed by atoms with Crippen LogP contribution in [-0.4, -0.2) is 53.3 Å². The molecule has 23 heavy (non-hydrogen) atoms. The molecule has 7 heteroatoms. The molecular weight excluding hydrogens is 306 g/mol. The number of likely N-dealkylation sites (tertiary alicyclic amines) is 1. The van der Waals surface area contributed by atoms with E-state index in [-0.39, 0.29) is 12.6 Å². The zero-order valence-corrected chi connectivity index (χ0v) is 12.9. The molecule has 1 aromatic rings. The Morgan fingerprint density at radius 2 is 2.13 bits per heavy atom. The SMILES string of the molecule is O=C(NCCCCN1CCCC1CO)c1c(O)cc(F)cc1F. The second-order valence-corrected chi connectivity index (χ2v) is 5.76. The molecule has 0 saturated carbocycles. The summed E-state index contributed by atoms with van der Waals surface area (Å²) in [6, 6.07) is 1.51. The van der Waals surface area contributed by atoms with Gasteiger partial charge >= 0.3 is 0 Å². The van der Waals surface area contributed by atoms with Crippen molar-refractivity contribution < 1.29 is 23.8 Å². The largest absolute Gasteiger partial charge is 0.507 e. The fraction of sp³-hybridized carbons (Fsp3) is 0.562. The summed E-state index contributed by atoms with van der Waals surface area (Å²) >= 11 is 0. The smallest absolute Gasteiger partial charge is 0.258 e. The van der Waals surface area contributed by atoms with E-state index in [4.69, 9.17) is 0 Å². The minimum Gasteiger partial charge on any atom is -0.507 e. The second kappa shape index (κ2) is 8.21. The first-order chi connectivity index (χ1) is 11.0. The Hall–Kier alpha value is -1.73. The van der Waals surface area contributed by atoms with Gasteiger partial charge in [-0.2, -0.15) is 0 Å². The number of amides is 1. The van der Waals surface area contributed by atoms with Gasteiger partial charge in [-0.05, 0) is 38.8 Å². The second-order valence-electron chi connectivity index (χ2n) is 5.76. The molecule has 1 heterocycles. The number of halogens is 2. The van der Waals surface area contributed by atoms with Crippen molar-refractivity contribution in [2.75, 3.05) is 26.2 Å². The molecule has 1 aliphatic rings. The van der Waals surface area contributed by atoms with Crippen LogP contribution in [0.3, 0.4) is 0 Å². The highest BCUT2D eigenvalue weighted by Gasteiger charge is 2.22. The molecule has 1 fully saturated rings. The topological polar surface area (TPSA) is 72.8 Å². The molecule has 0 bridgehead atoms. The fourth-order valence-corrected chi connectivity index (χ4v) is 2.91. The van der Waals surface area contributed by atoms with Gasteiger partial charge < -0.3 is 15.5 Å². The number of phenols is 1. The van der Waals surface area contributed by atoms with Crippen LogP contribution in [0.4, 0.5) is 8.78 Å². The third kappa shape index (κ3) is 4.62. The Morgan fingerprint density at radius 3 is 2.83 bits per heavy atom. The molecule has 3 N–H and O–H groups in total. The summed E-state index contributed by atoms with van der Waals surface area (Å²) in [5, 5.41) is 21.2. The number of nitrogens with one attached hydrogen (secondary N) is 1. The highest BCUT2D eigenvalue weighted by Crippen LogP contribution is 2.22. The molecule has 1 aliphatic heterocycles. The van der Waals surface area contributed by atoms with Gasteiger partial charge in [0.2, 0.25) is 0 Å². The molecule has 5 nitrogen and oxygen atoms in total. The van der Waals surface area contributed by atoms with Crippen LogP contribution >= 0.6 is 0 Å². The van der Waals surface area contributed by atoms with Crippen LogP contribution < -0.4 is 5.32 Å². The van der Waals surface area contributed by atoms with E-state index in [0.29, 0.717) is 25.1 Å². The van der Waals surface area contributed by atoms with Crippen molar-refractivity contribution in [2.24, 2.45) is 0 Å². The van der Waals surface area contributed by atoms with Gasteiger partial charge in [0.25, 0.3) is 5.91 Å². The molecule has 0 radical (unpaired) electrons. The Bertz CT molecular complexity index is 531. The number of carbonyl (C=O) groups excluding carboxylic acids is 1. The van der Waals surface area contributed by atoms with Crippen molar-refractivity contribution in [3.63, 3.8) is 0 Å². The van der Waals surface area contributed by atoms with Gasteiger partial charge in [0, 0.05) is 24.7 Å². The Labute approximate surface area is 133 Å². The molecule has 0 aromatic heterocycles. The van der Waals surface area contributed by atoms with Crippen molar-refractivity contribution in [1.29, 1.82) is 0 Å². The van der Waals surface area contributed by atoms with Crippen LogP contribution in [0.2, 0.25) is 0 Å². The van der Waals surface area contributed by atoms with Gasteiger partial charge in [0.1, 0.15) is 22.9 Å². The molecule has 1 aromatic carbocycles. The van der Waals surface area contributed by atoms with Crippen molar-refractivity contribution in [3.05, 3.63) is 29.3 Å². The first-order valence-corrected chi connectivity index (χ1v) is 7.84. The predicted octanol–water partition coefficient (Wildman–Crippen LogP) is 1.64. The van der Waals surface area contributed by atoms with Crippen molar-refractivity contribution in [2.45, 2.75) is 31.7 Å². The number of nitrogens with zero attached hydrogens (tertiary/aromatic N) is 1. The summed E-state index contributed by atoms with van der Waals surface area (Å²) in [6.07, 6.45) is 3.64. The number of phenolic OH excluding ortho intramolecular Hbond substituents is 1. The Kier molecular flexibility index (Phi) is 6.29. The molecule has 0 aliphatic carbocycles. The van der Waals surface area contributed by atoms with E-state index >= 15 is 0 Å². The maximum Gasteiger partial charge on any atom is 0.258 e. The highest BCUT2D eigenvalue weighted by molar-refractivity contribution is 5.97. The summed E-state index contributed by atoms with van der Waals surface area (Å²) in [7, 11) is 0. The highest BCUT2D eigenvalue weighted by atomic mass is 19.1. The molecule has 0 spiro atoms. The zero-order valence-electron chi connectivity index (χ0n) is 12.9. The maximum absolute atomic E-state index is 13.5. The number of benzene rings is 1. The number of aliphatic hydroxyl groups excluding tert-OH is 1. The molecule has 1 amide bonds. The zero-order chi connectivity index (χ0) is 16.8. The molecule has 128 valence electrons. The van der Waals surface area contributed by atoms with E-state index in [0.717, 1.165) is 32.4 Å². The maximum atomic E-state index is 13.5. The number of aliphatic hydroxyl groups is 1. The number of carbonyl (C=O) groups is 1. The fourth-order valence-electron chi connectivity index (χ4n) is 2.91. The van der Waals surface area contributed by atoms with Crippen molar-refractivity contribution in [1.82, 2.24) is 10.2 Å². The van der Waals surface area contributed by atoms with E-state index in [2.05, 4.69) is 10.2 Å². The summed E-state index contributed by atoms with van der Waals surface area (Å²) in [6.45, 7) is 2.33. The number of aromatic hydroxyl groups is 1. The molecule has 1 atom stereocenters.